The number of hydrogen-bond donors (Lipinski definition) is 3. The molecule has 218 valence electrons. The minimum absolute atomic E-state index is 0.0717. The van der Waals surface area contributed by atoms with E-state index in [1.807, 2.05) is 67.6 Å². The number of benzene rings is 3. The van der Waals surface area contributed by atoms with Gasteiger partial charge in [-0.05, 0) is 55.2 Å². The summed E-state index contributed by atoms with van der Waals surface area (Å²) >= 11 is 1.61. The van der Waals surface area contributed by atoms with Gasteiger partial charge in [0.2, 0.25) is 17.7 Å². The Labute approximate surface area is 249 Å². The Morgan fingerprint density at radius 2 is 1.71 bits per heavy atom. The molecular formula is C33H35N3O5S. The van der Waals surface area contributed by atoms with Crippen LogP contribution < -0.4 is 15.4 Å². The third-order valence-electron chi connectivity index (χ3n) is 8.72. The smallest absolute Gasteiger partial charge is 0.244 e. The highest BCUT2D eigenvalue weighted by molar-refractivity contribution is 8.02. The molecule has 3 aromatic carbocycles. The molecule has 6 rings (SSSR count). The van der Waals surface area contributed by atoms with E-state index in [0.717, 1.165) is 17.5 Å². The molecule has 0 saturated carbocycles. The fourth-order valence-electron chi connectivity index (χ4n) is 6.96. The molecule has 3 saturated heterocycles. The number of nitrogens with zero attached hydrogens (tertiary/aromatic N) is 1. The number of rotatable bonds is 10. The zero-order valence-electron chi connectivity index (χ0n) is 23.4. The minimum Gasteiger partial charge on any atom is -0.494 e. The van der Waals surface area contributed by atoms with Gasteiger partial charge < -0.3 is 25.4 Å². The molecule has 3 N–H and O–H groups in total. The van der Waals surface area contributed by atoms with Crippen LogP contribution in [0.2, 0.25) is 0 Å². The maximum Gasteiger partial charge on any atom is 0.244 e. The first kappa shape index (κ1) is 28.3. The van der Waals surface area contributed by atoms with Crippen LogP contribution in [0.5, 0.6) is 5.75 Å². The molecule has 0 aliphatic carbocycles. The molecular weight excluding hydrogens is 550 g/mol. The van der Waals surface area contributed by atoms with Crippen molar-refractivity contribution in [2.45, 2.75) is 48.4 Å². The quantitative estimate of drug-likeness (QED) is 0.330. The van der Waals surface area contributed by atoms with E-state index < -0.39 is 28.7 Å². The standard InChI is InChI=1S/C33H35N3O5S/c1-2-41-24-15-13-23(14-16-24)35-30(38)27-26-17-18-33(42-26)28(27)32(40)36(25(20-37)22-11-7-4-8-12-22)29(33)31(39)34-19-21-9-5-3-6-10-21/h3-16,25-29,37H,2,17-20H2,1H3,(H,34,39)(H,35,38)/t25-,26-,27+,28+,29?,33?/m1/s1. The van der Waals surface area contributed by atoms with Gasteiger partial charge in [-0.25, -0.2) is 0 Å². The first-order valence-corrected chi connectivity index (χ1v) is 15.4. The van der Waals surface area contributed by atoms with E-state index in [2.05, 4.69) is 10.6 Å². The average Bonchev–Trinajstić information content (AvgIpc) is 3.66. The number of ether oxygens (including phenoxy) is 1. The number of thioether (sulfide) groups is 1. The number of anilines is 1. The zero-order chi connectivity index (χ0) is 29.3. The predicted octanol–water partition coefficient (Wildman–Crippen LogP) is 4.17. The normalized spacial score (nSPS) is 26.5. The third kappa shape index (κ3) is 4.94. The molecule has 9 heteroatoms. The van der Waals surface area contributed by atoms with Crippen molar-refractivity contribution in [2.75, 3.05) is 18.5 Å². The van der Waals surface area contributed by atoms with Crippen molar-refractivity contribution in [1.29, 1.82) is 0 Å². The molecule has 3 aromatic rings. The first-order valence-electron chi connectivity index (χ1n) is 14.5. The largest absolute Gasteiger partial charge is 0.494 e. The van der Waals surface area contributed by atoms with Crippen LogP contribution in [0.1, 0.15) is 36.9 Å². The lowest BCUT2D eigenvalue weighted by Gasteiger charge is -2.37. The highest BCUT2D eigenvalue weighted by Crippen LogP contribution is 2.67. The van der Waals surface area contributed by atoms with Gasteiger partial charge >= 0.3 is 0 Å². The molecule has 3 amide bonds. The summed E-state index contributed by atoms with van der Waals surface area (Å²) in [4.78, 5) is 43.9. The molecule has 0 radical (unpaired) electrons. The van der Waals surface area contributed by atoms with E-state index >= 15 is 0 Å². The van der Waals surface area contributed by atoms with E-state index in [1.165, 1.54) is 0 Å². The second-order valence-electron chi connectivity index (χ2n) is 11.1. The van der Waals surface area contributed by atoms with Gasteiger partial charge in [-0.2, -0.15) is 0 Å². The van der Waals surface area contributed by atoms with Crippen molar-refractivity contribution >= 4 is 35.2 Å². The Balaban J connectivity index is 1.32. The molecule has 3 aliphatic rings. The number of aliphatic hydroxyl groups excluding tert-OH is 1. The minimum atomic E-state index is -0.825. The monoisotopic (exact) mass is 585 g/mol. The van der Waals surface area contributed by atoms with Crippen LogP contribution in [0, 0.1) is 11.8 Å². The number of carbonyl (C=O) groups excluding carboxylic acids is 3. The Morgan fingerprint density at radius 3 is 2.38 bits per heavy atom. The van der Waals surface area contributed by atoms with Crippen molar-refractivity contribution in [3.63, 3.8) is 0 Å². The van der Waals surface area contributed by atoms with E-state index in [9.17, 15) is 19.5 Å². The lowest BCUT2D eigenvalue weighted by Crippen LogP contribution is -2.54. The molecule has 3 heterocycles. The van der Waals surface area contributed by atoms with Crippen LogP contribution >= 0.6 is 11.8 Å². The third-order valence-corrected chi connectivity index (χ3v) is 10.7. The van der Waals surface area contributed by atoms with E-state index in [0.29, 0.717) is 31.0 Å². The highest BCUT2D eigenvalue weighted by Gasteiger charge is 2.74. The zero-order valence-corrected chi connectivity index (χ0v) is 24.3. The van der Waals surface area contributed by atoms with Crippen LogP contribution in [0.3, 0.4) is 0 Å². The summed E-state index contributed by atoms with van der Waals surface area (Å²) in [7, 11) is 0. The number of amides is 3. The van der Waals surface area contributed by atoms with Gasteiger partial charge in [0.1, 0.15) is 11.8 Å². The number of fused-ring (bicyclic) bond motifs is 1. The van der Waals surface area contributed by atoms with Gasteiger partial charge in [0, 0.05) is 17.5 Å². The van der Waals surface area contributed by atoms with Gasteiger partial charge in [0.25, 0.3) is 0 Å². The maximum atomic E-state index is 14.4. The lowest BCUT2D eigenvalue weighted by atomic mass is 9.70. The number of carbonyl (C=O) groups is 3. The predicted molar refractivity (Wildman–Crippen MR) is 162 cm³/mol. The Bertz CT molecular complexity index is 1440. The van der Waals surface area contributed by atoms with Crippen molar-refractivity contribution < 1.29 is 24.2 Å². The first-order chi connectivity index (χ1) is 20.5. The van der Waals surface area contributed by atoms with E-state index in [1.54, 1.807) is 40.9 Å². The fourth-order valence-corrected chi connectivity index (χ4v) is 9.17. The number of likely N-dealkylation sites (tertiary alicyclic amines) is 1. The molecule has 6 atom stereocenters. The number of nitrogens with one attached hydrogen (secondary N) is 2. The molecule has 2 bridgehead atoms. The Kier molecular flexibility index (Phi) is 7.96. The van der Waals surface area contributed by atoms with Crippen molar-refractivity contribution in [3.05, 3.63) is 96.1 Å². The summed E-state index contributed by atoms with van der Waals surface area (Å²) in [5.41, 5.74) is 2.33. The molecule has 42 heavy (non-hydrogen) atoms. The summed E-state index contributed by atoms with van der Waals surface area (Å²) in [5, 5.41) is 16.6. The van der Waals surface area contributed by atoms with Crippen molar-refractivity contribution in [2.24, 2.45) is 11.8 Å². The summed E-state index contributed by atoms with van der Waals surface area (Å²) in [5.74, 6) is -1.28. The number of aliphatic hydroxyl groups is 1. The maximum absolute atomic E-state index is 14.4. The van der Waals surface area contributed by atoms with Crippen molar-refractivity contribution in [3.8, 4) is 5.75 Å². The van der Waals surface area contributed by atoms with Crippen LogP contribution in [0.4, 0.5) is 5.69 Å². The summed E-state index contributed by atoms with van der Waals surface area (Å²) in [6, 6.07) is 24.6. The summed E-state index contributed by atoms with van der Waals surface area (Å²) in [6.45, 7) is 2.45. The number of hydrogen-bond acceptors (Lipinski definition) is 6. The van der Waals surface area contributed by atoms with Crippen LogP contribution in [0.15, 0.2) is 84.9 Å². The average molecular weight is 586 g/mol. The Morgan fingerprint density at radius 1 is 1.02 bits per heavy atom. The van der Waals surface area contributed by atoms with E-state index in [-0.39, 0.29) is 29.6 Å². The molecule has 3 aliphatic heterocycles. The second-order valence-corrected chi connectivity index (χ2v) is 12.7. The molecule has 1 spiro atoms. The summed E-state index contributed by atoms with van der Waals surface area (Å²) < 4.78 is 4.76. The van der Waals surface area contributed by atoms with Gasteiger partial charge in [-0.3, -0.25) is 14.4 Å². The lowest BCUT2D eigenvalue weighted by molar-refractivity contribution is -0.142. The van der Waals surface area contributed by atoms with Crippen LogP contribution in [-0.4, -0.2) is 57.0 Å². The SMILES string of the molecule is CCOc1ccc(NC(=O)[C@@H]2[C@H]3C(=O)N([C@H](CO)c4ccccc4)C(C(=O)NCc4ccccc4)C34CC[C@H]2S4)cc1. The van der Waals surface area contributed by atoms with Crippen LogP contribution in [-0.2, 0) is 20.9 Å². The molecule has 8 nitrogen and oxygen atoms in total. The van der Waals surface area contributed by atoms with Gasteiger partial charge in [0.15, 0.2) is 0 Å². The van der Waals surface area contributed by atoms with Gasteiger partial charge in [0.05, 0.1) is 35.8 Å². The van der Waals surface area contributed by atoms with E-state index in [4.69, 9.17) is 4.74 Å². The Hall–Kier alpha value is -3.82. The molecule has 3 fully saturated rings. The molecule has 0 aromatic heterocycles. The summed E-state index contributed by atoms with van der Waals surface area (Å²) in [6.07, 6.45) is 1.39. The highest BCUT2D eigenvalue weighted by atomic mass is 32.2. The fraction of sp³-hybridized carbons (Fsp3) is 0.364. The second kappa shape index (κ2) is 11.8. The molecule has 2 unspecified atom stereocenters. The van der Waals surface area contributed by atoms with Crippen molar-refractivity contribution in [1.82, 2.24) is 10.2 Å². The van der Waals surface area contributed by atoms with Gasteiger partial charge in [-0.15, -0.1) is 11.8 Å². The van der Waals surface area contributed by atoms with Crippen LogP contribution in [0.25, 0.3) is 0 Å². The van der Waals surface area contributed by atoms with Gasteiger partial charge in [-0.1, -0.05) is 60.7 Å². The topological polar surface area (TPSA) is 108 Å².